The summed E-state index contributed by atoms with van der Waals surface area (Å²) in [5, 5.41) is 22.2. The van der Waals surface area contributed by atoms with Gasteiger partial charge in [-0.3, -0.25) is 14.4 Å². The first-order chi connectivity index (χ1) is 13.5. The predicted molar refractivity (Wildman–Crippen MR) is 102 cm³/mol. The van der Waals surface area contributed by atoms with Gasteiger partial charge in [-0.2, -0.15) is 0 Å². The van der Waals surface area contributed by atoms with E-state index >= 15 is 0 Å². The van der Waals surface area contributed by atoms with Crippen LogP contribution in [0.4, 0.5) is 11.4 Å². The quantitative estimate of drug-likeness (QED) is 0.473. The Bertz CT molecular complexity index is 1130. The van der Waals surface area contributed by atoms with Gasteiger partial charge in [0.1, 0.15) is 5.75 Å². The molecule has 6 nitrogen and oxygen atoms in total. The Morgan fingerprint density at radius 1 is 0.821 bits per heavy atom. The van der Waals surface area contributed by atoms with Crippen LogP contribution in [0, 0.1) is 0 Å². The molecule has 3 N–H and O–H groups in total. The van der Waals surface area contributed by atoms with Crippen LogP contribution in [0.15, 0.2) is 60.7 Å². The van der Waals surface area contributed by atoms with E-state index in [-0.39, 0.29) is 34.6 Å². The second-order valence-electron chi connectivity index (χ2n) is 6.48. The lowest BCUT2D eigenvalue weighted by atomic mass is 9.82. The highest BCUT2D eigenvalue weighted by Gasteiger charge is 2.33. The first-order valence-electron chi connectivity index (χ1n) is 8.58. The van der Waals surface area contributed by atoms with Gasteiger partial charge in [-0.05, 0) is 29.8 Å². The lowest BCUT2D eigenvalue weighted by molar-refractivity contribution is -0.136. The van der Waals surface area contributed by atoms with E-state index in [9.17, 15) is 19.5 Å². The standard InChI is InChI=1S/C22H15NO5/c24-17-10-9-16(23-13-7-5-12(6-8-13)11-18(25)26)19-20(17)22(28)15-4-2-1-3-14(15)21(19)27/h1-10,23-24H,11H2,(H,25,26). The van der Waals surface area contributed by atoms with Crippen molar-refractivity contribution in [1.82, 2.24) is 0 Å². The fourth-order valence-corrected chi connectivity index (χ4v) is 3.35. The van der Waals surface area contributed by atoms with Gasteiger partial charge in [-0.1, -0.05) is 36.4 Å². The first-order valence-corrected chi connectivity index (χ1v) is 8.58. The smallest absolute Gasteiger partial charge is 0.307 e. The monoisotopic (exact) mass is 373 g/mol. The Morgan fingerprint density at radius 3 is 2.04 bits per heavy atom. The van der Waals surface area contributed by atoms with Crippen molar-refractivity contribution in [3.63, 3.8) is 0 Å². The van der Waals surface area contributed by atoms with Crippen molar-refractivity contribution in [2.75, 3.05) is 5.32 Å². The number of aromatic hydroxyl groups is 1. The van der Waals surface area contributed by atoms with Gasteiger partial charge in [0.25, 0.3) is 0 Å². The predicted octanol–water partition coefficient (Wildman–Crippen LogP) is 3.54. The van der Waals surface area contributed by atoms with Crippen LogP contribution >= 0.6 is 0 Å². The number of phenols is 1. The van der Waals surface area contributed by atoms with Gasteiger partial charge >= 0.3 is 5.97 Å². The van der Waals surface area contributed by atoms with Crippen molar-refractivity contribution >= 4 is 28.9 Å². The average molecular weight is 373 g/mol. The van der Waals surface area contributed by atoms with Crippen LogP contribution in [0.3, 0.4) is 0 Å². The number of hydrogen-bond acceptors (Lipinski definition) is 5. The zero-order chi connectivity index (χ0) is 19.8. The van der Waals surface area contributed by atoms with E-state index in [1.807, 2.05) is 0 Å². The molecule has 3 aromatic rings. The van der Waals surface area contributed by atoms with Crippen LogP contribution in [0.25, 0.3) is 0 Å². The Morgan fingerprint density at radius 2 is 1.43 bits per heavy atom. The molecule has 3 aromatic carbocycles. The highest BCUT2D eigenvalue weighted by atomic mass is 16.4. The summed E-state index contributed by atoms with van der Waals surface area (Å²) in [6, 6.07) is 16.2. The Labute approximate surface area is 160 Å². The maximum atomic E-state index is 13.0. The van der Waals surface area contributed by atoms with Crippen molar-refractivity contribution in [3.8, 4) is 5.75 Å². The third-order valence-electron chi connectivity index (χ3n) is 4.64. The topological polar surface area (TPSA) is 104 Å². The minimum Gasteiger partial charge on any atom is -0.507 e. The van der Waals surface area contributed by atoms with E-state index in [2.05, 4.69) is 5.32 Å². The third kappa shape index (κ3) is 2.91. The summed E-state index contributed by atoms with van der Waals surface area (Å²) in [6.45, 7) is 0. The van der Waals surface area contributed by atoms with Crippen molar-refractivity contribution in [2.24, 2.45) is 0 Å². The summed E-state index contributed by atoms with van der Waals surface area (Å²) in [5.41, 5.74) is 2.34. The number of hydrogen-bond donors (Lipinski definition) is 3. The summed E-state index contributed by atoms with van der Waals surface area (Å²) in [4.78, 5) is 36.7. The largest absolute Gasteiger partial charge is 0.507 e. The molecule has 0 bridgehead atoms. The molecule has 1 aliphatic rings. The van der Waals surface area contributed by atoms with Crippen molar-refractivity contribution in [2.45, 2.75) is 6.42 Å². The number of carbonyl (C=O) groups excluding carboxylic acids is 2. The highest BCUT2D eigenvalue weighted by molar-refractivity contribution is 6.31. The SMILES string of the molecule is O=C(O)Cc1ccc(Nc2ccc(O)c3c2C(=O)c2ccccc2C3=O)cc1. The van der Waals surface area contributed by atoms with Gasteiger partial charge in [0.15, 0.2) is 11.6 Å². The van der Waals surface area contributed by atoms with E-state index < -0.39 is 11.8 Å². The summed E-state index contributed by atoms with van der Waals surface area (Å²) >= 11 is 0. The van der Waals surface area contributed by atoms with Gasteiger partial charge < -0.3 is 15.5 Å². The molecule has 0 spiro atoms. The Kier molecular flexibility index (Phi) is 4.16. The van der Waals surface area contributed by atoms with Crippen LogP contribution in [0.2, 0.25) is 0 Å². The number of ketones is 2. The van der Waals surface area contributed by atoms with Gasteiger partial charge in [0.2, 0.25) is 0 Å². The number of carbonyl (C=O) groups is 3. The number of nitrogens with one attached hydrogen (secondary N) is 1. The van der Waals surface area contributed by atoms with E-state index in [4.69, 9.17) is 5.11 Å². The molecule has 0 unspecified atom stereocenters. The maximum Gasteiger partial charge on any atom is 0.307 e. The van der Waals surface area contributed by atoms with Crippen molar-refractivity contribution in [1.29, 1.82) is 0 Å². The molecule has 0 saturated heterocycles. The molecule has 0 aliphatic heterocycles. The molecule has 4 rings (SSSR count). The van der Waals surface area contributed by atoms with E-state index in [1.165, 1.54) is 6.07 Å². The minimum atomic E-state index is -0.920. The highest BCUT2D eigenvalue weighted by Crippen LogP contribution is 2.37. The molecule has 0 amide bonds. The first kappa shape index (κ1) is 17.5. The molecule has 6 heteroatoms. The van der Waals surface area contributed by atoms with Gasteiger partial charge in [-0.15, -0.1) is 0 Å². The summed E-state index contributed by atoms with van der Waals surface area (Å²) < 4.78 is 0. The lowest BCUT2D eigenvalue weighted by Gasteiger charge is -2.21. The zero-order valence-corrected chi connectivity index (χ0v) is 14.6. The van der Waals surface area contributed by atoms with Crippen molar-refractivity contribution < 1.29 is 24.6 Å². The number of anilines is 2. The molecule has 0 saturated carbocycles. The van der Waals surface area contributed by atoms with Crippen LogP contribution in [0.1, 0.15) is 37.4 Å². The number of fused-ring (bicyclic) bond motifs is 2. The molecule has 1 aliphatic carbocycles. The second kappa shape index (κ2) is 6.66. The van der Waals surface area contributed by atoms with Gasteiger partial charge in [0.05, 0.1) is 23.2 Å². The summed E-state index contributed by atoms with van der Waals surface area (Å²) in [5.74, 6) is -1.91. The Hall–Kier alpha value is -3.93. The van der Waals surface area contributed by atoms with Crippen LogP contribution in [-0.4, -0.2) is 27.7 Å². The van der Waals surface area contributed by atoms with Crippen LogP contribution < -0.4 is 5.32 Å². The number of aliphatic carboxylic acids is 1. The van der Waals surface area contributed by atoms with Crippen molar-refractivity contribution in [3.05, 3.63) is 88.5 Å². The minimum absolute atomic E-state index is 0.0174. The fraction of sp³-hybridized carbons (Fsp3) is 0.0455. The fourth-order valence-electron chi connectivity index (χ4n) is 3.35. The van der Waals surface area contributed by atoms with E-state index in [1.54, 1.807) is 54.6 Å². The van der Waals surface area contributed by atoms with E-state index in [0.29, 0.717) is 22.5 Å². The lowest BCUT2D eigenvalue weighted by Crippen LogP contribution is -2.22. The maximum absolute atomic E-state index is 13.0. The molecule has 0 aromatic heterocycles. The second-order valence-corrected chi connectivity index (χ2v) is 6.48. The average Bonchev–Trinajstić information content (AvgIpc) is 2.68. The van der Waals surface area contributed by atoms with Crippen LogP contribution in [0.5, 0.6) is 5.75 Å². The number of carboxylic acid groups (broad SMARTS) is 1. The van der Waals surface area contributed by atoms with E-state index in [0.717, 1.165) is 0 Å². The summed E-state index contributed by atoms with van der Waals surface area (Å²) in [6.07, 6.45) is -0.0847. The molecule has 0 atom stereocenters. The van der Waals surface area contributed by atoms with Gasteiger partial charge in [-0.25, -0.2) is 0 Å². The normalized spacial score (nSPS) is 12.3. The van der Waals surface area contributed by atoms with Gasteiger partial charge in [0, 0.05) is 16.8 Å². The molecule has 0 fully saturated rings. The Balaban J connectivity index is 1.75. The molecule has 0 radical (unpaired) electrons. The molecular weight excluding hydrogens is 358 g/mol. The summed E-state index contributed by atoms with van der Waals surface area (Å²) in [7, 11) is 0. The number of rotatable bonds is 4. The number of carboxylic acids is 1. The number of phenolic OH excluding ortho intramolecular Hbond substituents is 1. The molecule has 28 heavy (non-hydrogen) atoms. The molecule has 0 heterocycles. The molecular formula is C22H15NO5. The third-order valence-corrected chi connectivity index (χ3v) is 4.64. The number of benzene rings is 3. The zero-order valence-electron chi connectivity index (χ0n) is 14.6. The van der Waals surface area contributed by atoms with Crippen LogP contribution in [-0.2, 0) is 11.2 Å². The molecule has 138 valence electrons.